The lowest BCUT2D eigenvalue weighted by atomic mass is 10.3. The fourth-order valence-electron chi connectivity index (χ4n) is 0.802. The molecular formula is C6H10O2. The zero-order valence-corrected chi connectivity index (χ0v) is 5.09. The first-order valence-corrected chi connectivity index (χ1v) is 2.72. The number of rotatable bonds is 0. The van der Waals surface area contributed by atoms with Crippen molar-refractivity contribution in [3.05, 3.63) is 11.6 Å². The van der Waals surface area contributed by atoms with Gasteiger partial charge >= 0.3 is 0 Å². The van der Waals surface area contributed by atoms with Crippen LogP contribution in [0.2, 0.25) is 0 Å². The molecule has 8 heavy (non-hydrogen) atoms. The van der Waals surface area contributed by atoms with Gasteiger partial charge in [-0.15, -0.1) is 0 Å². The minimum Gasteiger partial charge on any atom is -0.364 e. The lowest BCUT2D eigenvalue weighted by Crippen LogP contribution is -2.09. The summed E-state index contributed by atoms with van der Waals surface area (Å²) in [5, 5.41) is 8.88. The van der Waals surface area contributed by atoms with Crippen LogP contribution in [0.1, 0.15) is 13.8 Å². The van der Waals surface area contributed by atoms with Crippen molar-refractivity contribution in [2.75, 3.05) is 0 Å². The van der Waals surface area contributed by atoms with Gasteiger partial charge in [0.05, 0.1) is 6.10 Å². The van der Waals surface area contributed by atoms with E-state index in [2.05, 4.69) is 0 Å². The molecule has 0 amide bonds. The maximum absolute atomic E-state index is 8.88. The van der Waals surface area contributed by atoms with E-state index in [4.69, 9.17) is 9.84 Å². The summed E-state index contributed by atoms with van der Waals surface area (Å²) < 4.78 is 4.94. The number of hydrogen-bond donors (Lipinski definition) is 1. The van der Waals surface area contributed by atoms with E-state index in [1.165, 1.54) is 0 Å². The van der Waals surface area contributed by atoms with Crippen molar-refractivity contribution < 1.29 is 9.84 Å². The molecule has 1 aliphatic rings. The topological polar surface area (TPSA) is 29.5 Å². The van der Waals surface area contributed by atoms with Crippen molar-refractivity contribution in [1.82, 2.24) is 0 Å². The highest BCUT2D eigenvalue weighted by atomic mass is 16.6. The van der Waals surface area contributed by atoms with Crippen LogP contribution in [0.5, 0.6) is 0 Å². The van der Waals surface area contributed by atoms with Gasteiger partial charge in [-0.1, -0.05) is 6.08 Å². The van der Waals surface area contributed by atoms with Gasteiger partial charge in [0.15, 0.2) is 6.29 Å². The predicted molar refractivity (Wildman–Crippen MR) is 30.3 cm³/mol. The average Bonchev–Trinajstić information content (AvgIpc) is 1.85. The molecule has 1 N–H and O–H groups in total. The van der Waals surface area contributed by atoms with E-state index in [9.17, 15) is 0 Å². The Hall–Kier alpha value is -0.340. The highest BCUT2D eigenvalue weighted by molar-refractivity contribution is 5.09. The summed E-state index contributed by atoms with van der Waals surface area (Å²) in [5.41, 5.74) is 0.914. The van der Waals surface area contributed by atoms with E-state index in [1.807, 2.05) is 19.9 Å². The van der Waals surface area contributed by atoms with Crippen molar-refractivity contribution in [3.8, 4) is 0 Å². The van der Waals surface area contributed by atoms with E-state index < -0.39 is 6.29 Å². The smallest absolute Gasteiger partial charge is 0.177 e. The lowest BCUT2D eigenvalue weighted by Gasteiger charge is -2.03. The molecule has 1 unspecified atom stereocenters. The third kappa shape index (κ3) is 0.904. The molecule has 0 saturated carbocycles. The molecule has 0 aromatic heterocycles. The molecule has 0 spiro atoms. The summed E-state index contributed by atoms with van der Waals surface area (Å²) in [4.78, 5) is 0. The van der Waals surface area contributed by atoms with Crippen LogP contribution in [0.4, 0.5) is 0 Å². The molecular weight excluding hydrogens is 104 g/mol. The van der Waals surface area contributed by atoms with E-state index in [0.717, 1.165) is 5.57 Å². The zero-order valence-electron chi connectivity index (χ0n) is 5.09. The van der Waals surface area contributed by atoms with E-state index >= 15 is 0 Å². The highest BCUT2D eigenvalue weighted by Crippen LogP contribution is 2.15. The minimum absolute atomic E-state index is 0.0880. The van der Waals surface area contributed by atoms with Gasteiger partial charge in [0.1, 0.15) is 0 Å². The minimum atomic E-state index is -0.648. The zero-order chi connectivity index (χ0) is 6.15. The first kappa shape index (κ1) is 5.79. The van der Waals surface area contributed by atoms with Crippen molar-refractivity contribution in [3.63, 3.8) is 0 Å². The molecule has 0 aliphatic carbocycles. The average molecular weight is 114 g/mol. The normalized spacial score (nSPS) is 37.6. The molecule has 0 fully saturated rings. The molecule has 0 aromatic rings. The number of aliphatic hydroxyl groups excluding tert-OH is 1. The predicted octanol–water partition coefficient (Wildman–Crippen LogP) is 0.670. The Kier molecular flexibility index (Phi) is 1.36. The molecule has 2 nitrogen and oxygen atoms in total. The molecule has 1 aliphatic heterocycles. The van der Waals surface area contributed by atoms with Gasteiger partial charge in [-0.05, 0) is 19.4 Å². The standard InChI is InChI=1S/C6H10O2/c1-4-3-5(2)8-6(4)7/h3,5-7H,1-2H3/t5-,6?/m0/s1. The van der Waals surface area contributed by atoms with Gasteiger partial charge in [0.25, 0.3) is 0 Å². The Morgan fingerprint density at radius 2 is 2.38 bits per heavy atom. The summed E-state index contributed by atoms with van der Waals surface area (Å²) in [6.45, 7) is 3.76. The van der Waals surface area contributed by atoms with Crippen LogP contribution in [0.25, 0.3) is 0 Å². The summed E-state index contributed by atoms with van der Waals surface area (Å²) in [6.07, 6.45) is 1.35. The van der Waals surface area contributed by atoms with Crippen molar-refractivity contribution in [2.45, 2.75) is 26.2 Å². The molecule has 1 heterocycles. The second-order valence-corrected chi connectivity index (χ2v) is 2.10. The monoisotopic (exact) mass is 114 g/mol. The first-order chi connectivity index (χ1) is 3.70. The second-order valence-electron chi connectivity index (χ2n) is 2.10. The van der Waals surface area contributed by atoms with E-state index in [1.54, 1.807) is 0 Å². The van der Waals surface area contributed by atoms with Crippen molar-refractivity contribution in [2.24, 2.45) is 0 Å². The van der Waals surface area contributed by atoms with Crippen LogP contribution < -0.4 is 0 Å². The fourth-order valence-corrected chi connectivity index (χ4v) is 0.802. The maximum atomic E-state index is 8.88. The van der Waals surface area contributed by atoms with Crippen molar-refractivity contribution in [1.29, 1.82) is 0 Å². The summed E-state index contributed by atoms with van der Waals surface area (Å²) in [5.74, 6) is 0. The number of ether oxygens (including phenoxy) is 1. The van der Waals surface area contributed by atoms with Crippen LogP contribution in [0, 0.1) is 0 Å². The Bertz CT molecular complexity index is 118. The number of aliphatic hydroxyl groups is 1. The van der Waals surface area contributed by atoms with Gasteiger partial charge < -0.3 is 9.84 Å². The lowest BCUT2D eigenvalue weighted by molar-refractivity contribution is -0.0736. The summed E-state index contributed by atoms with van der Waals surface area (Å²) in [6, 6.07) is 0. The molecule has 2 atom stereocenters. The highest BCUT2D eigenvalue weighted by Gasteiger charge is 2.17. The Balaban J connectivity index is 2.59. The van der Waals surface area contributed by atoms with Gasteiger partial charge in [0.2, 0.25) is 0 Å². The molecule has 0 aromatic carbocycles. The van der Waals surface area contributed by atoms with E-state index in [0.29, 0.717) is 0 Å². The molecule has 0 bridgehead atoms. The Morgan fingerprint density at radius 3 is 2.50 bits per heavy atom. The molecule has 2 heteroatoms. The fraction of sp³-hybridized carbons (Fsp3) is 0.667. The van der Waals surface area contributed by atoms with Crippen molar-refractivity contribution >= 4 is 0 Å². The third-order valence-corrected chi connectivity index (χ3v) is 1.23. The SMILES string of the molecule is CC1=C[C@H](C)OC1O. The molecule has 46 valence electrons. The van der Waals surface area contributed by atoms with Crippen LogP contribution in [0.15, 0.2) is 11.6 Å². The van der Waals surface area contributed by atoms with Gasteiger partial charge in [0, 0.05) is 0 Å². The largest absolute Gasteiger partial charge is 0.364 e. The van der Waals surface area contributed by atoms with Crippen LogP contribution >= 0.6 is 0 Å². The van der Waals surface area contributed by atoms with E-state index in [-0.39, 0.29) is 6.10 Å². The van der Waals surface area contributed by atoms with Crippen LogP contribution in [-0.2, 0) is 4.74 Å². The van der Waals surface area contributed by atoms with Crippen LogP contribution in [0.3, 0.4) is 0 Å². The molecule has 0 saturated heterocycles. The summed E-state index contributed by atoms with van der Waals surface area (Å²) >= 11 is 0. The first-order valence-electron chi connectivity index (χ1n) is 2.72. The maximum Gasteiger partial charge on any atom is 0.177 e. The van der Waals surface area contributed by atoms with Gasteiger partial charge in [-0.3, -0.25) is 0 Å². The van der Waals surface area contributed by atoms with Crippen LogP contribution in [-0.4, -0.2) is 17.5 Å². The third-order valence-electron chi connectivity index (χ3n) is 1.23. The Labute approximate surface area is 48.8 Å². The van der Waals surface area contributed by atoms with Gasteiger partial charge in [-0.2, -0.15) is 0 Å². The Morgan fingerprint density at radius 1 is 1.75 bits per heavy atom. The second kappa shape index (κ2) is 1.88. The molecule has 1 rings (SSSR count). The number of hydrogen-bond acceptors (Lipinski definition) is 2. The molecule has 0 radical (unpaired) electrons. The summed E-state index contributed by atoms with van der Waals surface area (Å²) in [7, 11) is 0. The quantitative estimate of drug-likeness (QED) is 0.469. The van der Waals surface area contributed by atoms with Gasteiger partial charge in [-0.25, -0.2) is 0 Å².